The predicted octanol–water partition coefficient (Wildman–Crippen LogP) is 0.622. The SMILES string of the molecule is O=C(NCCCc1nnc2ccccn12)c1ccc2[nH]c(=O)c(=O)[nH]c2c1. The second kappa shape index (κ2) is 6.87. The summed E-state index contributed by atoms with van der Waals surface area (Å²) in [5, 5.41) is 11.1. The fourth-order valence-corrected chi connectivity index (χ4v) is 2.87. The van der Waals surface area contributed by atoms with Gasteiger partial charge in [0.2, 0.25) is 0 Å². The van der Waals surface area contributed by atoms with Crippen molar-refractivity contribution in [2.75, 3.05) is 6.54 Å². The Morgan fingerprint density at radius 1 is 1.04 bits per heavy atom. The third-order valence-corrected chi connectivity index (χ3v) is 4.23. The fraction of sp³-hybridized carbons (Fsp3) is 0.167. The smallest absolute Gasteiger partial charge is 0.314 e. The molecule has 0 saturated heterocycles. The monoisotopic (exact) mass is 364 g/mol. The van der Waals surface area contributed by atoms with Crippen LogP contribution in [-0.4, -0.2) is 37.0 Å². The van der Waals surface area contributed by atoms with Crippen LogP contribution in [0.1, 0.15) is 22.6 Å². The van der Waals surface area contributed by atoms with Crippen molar-refractivity contribution >= 4 is 22.6 Å². The summed E-state index contributed by atoms with van der Waals surface area (Å²) in [4.78, 5) is 40.0. The van der Waals surface area contributed by atoms with E-state index >= 15 is 0 Å². The molecule has 0 saturated carbocycles. The minimum absolute atomic E-state index is 0.255. The Hall–Kier alpha value is -3.75. The molecule has 9 nitrogen and oxygen atoms in total. The standard InChI is InChI=1S/C18H16N6O3/c25-16(11-6-7-12-13(10-11)21-18(27)17(26)20-12)19-8-3-5-15-23-22-14-4-1-2-9-24(14)15/h1-2,4,6-7,9-10H,3,5,8H2,(H,19,25)(H,20,26)(H,21,27). The Morgan fingerprint density at radius 3 is 2.70 bits per heavy atom. The highest BCUT2D eigenvalue weighted by Crippen LogP contribution is 2.09. The molecule has 0 spiro atoms. The van der Waals surface area contributed by atoms with Gasteiger partial charge in [0.25, 0.3) is 5.91 Å². The van der Waals surface area contributed by atoms with E-state index in [1.807, 2.05) is 28.8 Å². The number of aromatic nitrogens is 5. The molecule has 3 aromatic heterocycles. The summed E-state index contributed by atoms with van der Waals surface area (Å²) in [5.74, 6) is 0.585. The minimum Gasteiger partial charge on any atom is -0.352 e. The highest BCUT2D eigenvalue weighted by molar-refractivity contribution is 5.97. The number of amides is 1. The topological polar surface area (TPSA) is 125 Å². The maximum absolute atomic E-state index is 12.3. The number of hydrogen-bond donors (Lipinski definition) is 3. The van der Waals surface area contributed by atoms with Crippen LogP contribution in [0.2, 0.25) is 0 Å². The average molecular weight is 364 g/mol. The number of H-pyrrole nitrogens is 2. The second-order valence-corrected chi connectivity index (χ2v) is 6.07. The number of fused-ring (bicyclic) bond motifs is 2. The number of benzene rings is 1. The molecular formula is C18H16N6O3. The van der Waals surface area contributed by atoms with Crippen molar-refractivity contribution < 1.29 is 4.79 Å². The molecule has 3 heterocycles. The Morgan fingerprint density at radius 2 is 1.85 bits per heavy atom. The summed E-state index contributed by atoms with van der Waals surface area (Å²) < 4.78 is 1.92. The van der Waals surface area contributed by atoms with E-state index in [0.29, 0.717) is 36.0 Å². The summed E-state index contributed by atoms with van der Waals surface area (Å²) >= 11 is 0. The summed E-state index contributed by atoms with van der Waals surface area (Å²) in [6.45, 7) is 0.473. The number of nitrogens with one attached hydrogen (secondary N) is 3. The van der Waals surface area contributed by atoms with Crippen LogP contribution in [0, 0.1) is 0 Å². The maximum Gasteiger partial charge on any atom is 0.314 e. The van der Waals surface area contributed by atoms with Crippen molar-refractivity contribution in [3.8, 4) is 0 Å². The lowest BCUT2D eigenvalue weighted by molar-refractivity contribution is 0.0953. The summed E-state index contributed by atoms with van der Waals surface area (Å²) in [5.41, 5.74) is 0.594. The highest BCUT2D eigenvalue weighted by Gasteiger charge is 2.09. The number of aromatic amines is 2. The first-order valence-electron chi connectivity index (χ1n) is 8.45. The van der Waals surface area contributed by atoms with Gasteiger partial charge in [-0.2, -0.15) is 0 Å². The van der Waals surface area contributed by atoms with Gasteiger partial charge >= 0.3 is 11.1 Å². The second-order valence-electron chi connectivity index (χ2n) is 6.07. The van der Waals surface area contributed by atoms with Crippen LogP contribution in [-0.2, 0) is 6.42 Å². The molecule has 4 aromatic rings. The third-order valence-electron chi connectivity index (χ3n) is 4.23. The van der Waals surface area contributed by atoms with Crippen molar-refractivity contribution in [2.45, 2.75) is 12.8 Å². The van der Waals surface area contributed by atoms with Crippen molar-refractivity contribution in [3.63, 3.8) is 0 Å². The molecule has 3 N–H and O–H groups in total. The normalized spacial score (nSPS) is 11.1. The van der Waals surface area contributed by atoms with E-state index in [9.17, 15) is 14.4 Å². The number of nitrogens with zero attached hydrogens (tertiary/aromatic N) is 3. The number of carbonyl (C=O) groups excluding carboxylic acids is 1. The number of hydrogen-bond acceptors (Lipinski definition) is 5. The number of rotatable bonds is 5. The summed E-state index contributed by atoms with van der Waals surface area (Å²) in [7, 11) is 0. The van der Waals surface area contributed by atoms with E-state index in [0.717, 1.165) is 11.5 Å². The van der Waals surface area contributed by atoms with Gasteiger partial charge in [0.1, 0.15) is 5.82 Å². The van der Waals surface area contributed by atoms with Gasteiger partial charge < -0.3 is 15.3 Å². The van der Waals surface area contributed by atoms with E-state index in [2.05, 4.69) is 25.5 Å². The first-order valence-corrected chi connectivity index (χ1v) is 8.45. The molecule has 9 heteroatoms. The predicted molar refractivity (Wildman–Crippen MR) is 98.8 cm³/mol. The van der Waals surface area contributed by atoms with Crippen LogP contribution in [0.25, 0.3) is 16.7 Å². The van der Waals surface area contributed by atoms with Crippen LogP contribution in [0.3, 0.4) is 0 Å². The van der Waals surface area contributed by atoms with Gasteiger partial charge in [-0.05, 0) is 36.8 Å². The van der Waals surface area contributed by atoms with Crippen molar-refractivity contribution in [1.29, 1.82) is 0 Å². The lowest BCUT2D eigenvalue weighted by Gasteiger charge is -2.06. The van der Waals surface area contributed by atoms with Crippen molar-refractivity contribution in [2.24, 2.45) is 0 Å². The van der Waals surface area contributed by atoms with Crippen LogP contribution in [0.5, 0.6) is 0 Å². The Kier molecular flexibility index (Phi) is 4.25. The minimum atomic E-state index is -0.749. The van der Waals surface area contributed by atoms with E-state index < -0.39 is 11.1 Å². The van der Waals surface area contributed by atoms with Gasteiger partial charge in [-0.15, -0.1) is 10.2 Å². The van der Waals surface area contributed by atoms with Gasteiger partial charge in [0.15, 0.2) is 5.65 Å². The van der Waals surface area contributed by atoms with E-state index in [1.165, 1.54) is 6.07 Å². The van der Waals surface area contributed by atoms with Gasteiger partial charge in [-0.25, -0.2) is 0 Å². The molecule has 0 atom stereocenters. The van der Waals surface area contributed by atoms with Gasteiger partial charge in [-0.1, -0.05) is 6.07 Å². The molecule has 1 aromatic carbocycles. The zero-order chi connectivity index (χ0) is 18.8. The lowest BCUT2D eigenvalue weighted by atomic mass is 10.1. The van der Waals surface area contributed by atoms with Crippen LogP contribution in [0.15, 0.2) is 52.2 Å². The lowest BCUT2D eigenvalue weighted by Crippen LogP contribution is -2.29. The Balaban J connectivity index is 1.39. The number of pyridine rings is 1. The van der Waals surface area contributed by atoms with Crippen LogP contribution in [0.4, 0.5) is 0 Å². The van der Waals surface area contributed by atoms with E-state index in [4.69, 9.17) is 0 Å². The molecule has 4 rings (SSSR count). The largest absolute Gasteiger partial charge is 0.352 e. The van der Waals surface area contributed by atoms with Crippen molar-refractivity contribution in [1.82, 2.24) is 29.9 Å². The van der Waals surface area contributed by atoms with Crippen LogP contribution < -0.4 is 16.4 Å². The van der Waals surface area contributed by atoms with Gasteiger partial charge in [0, 0.05) is 24.7 Å². The summed E-state index contributed by atoms with van der Waals surface area (Å²) in [6, 6.07) is 10.4. The number of aryl methyl sites for hydroxylation is 1. The first kappa shape index (κ1) is 16.7. The molecular weight excluding hydrogens is 348 g/mol. The highest BCUT2D eigenvalue weighted by atomic mass is 16.2. The molecule has 136 valence electrons. The quantitative estimate of drug-likeness (QED) is 0.354. The molecule has 1 amide bonds. The molecule has 0 aliphatic heterocycles. The zero-order valence-corrected chi connectivity index (χ0v) is 14.2. The molecule has 0 radical (unpaired) electrons. The van der Waals surface area contributed by atoms with Crippen LogP contribution >= 0.6 is 0 Å². The van der Waals surface area contributed by atoms with Crippen molar-refractivity contribution in [3.05, 3.63) is 74.7 Å². The molecule has 27 heavy (non-hydrogen) atoms. The molecule has 0 bridgehead atoms. The Bertz CT molecular complexity index is 1250. The number of carbonyl (C=O) groups is 1. The molecule has 0 aliphatic rings. The average Bonchev–Trinajstić information content (AvgIpc) is 3.09. The Labute approximate surface area is 152 Å². The van der Waals surface area contributed by atoms with Gasteiger partial charge in [-0.3, -0.25) is 18.8 Å². The summed E-state index contributed by atoms with van der Waals surface area (Å²) in [6.07, 6.45) is 3.29. The molecule has 0 fully saturated rings. The van der Waals surface area contributed by atoms with Gasteiger partial charge in [0.05, 0.1) is 11.0 Å². The third kappa shape index (κ3) is 3.34. The van der Waals surface area contributed by atoms with E-state index in [1.54, 1.807) is 12.1 Å². The zero-order valence-electron chi connectivity index (χ0n) is 14.2. The fourth-order valence-electron chi connectivity index (χ4n) is 2.87. The first-order chi connectivity index (χ1) is 13.1. The van der Waals surface area contributed by atoms with E-state index in [-0.39, 0.29) is 5.91 Å². The maximum atomic E-state index is 12.3. The molecule has 0 aliphatic carbocycles. The molecule has 0 unspecified atom stereocenters.